The van der Waals surface area contributed by atoms with Gasteiger partial charge in [-0.3, -0.25) is 9.97 Å². The molecule has 0 unspecified atom stereocenters. The molecule has 4 heterocycles. The van der Waals surface area contributed by atoms with Crippen molar-refractivity contribution in [2.24, 2.45) is 0 Å². The lowest BCUT2D eigenvalue weighted by molar-refractivity contribution is 0.546. The predicted octanol–water partition coefficient (Wildman–Crippen LogP) is 9.92. The van der Waals surface area contributed by atoms with Gasteiger partial charge in [-0.2, -0.15) is 0 Å². The topological polar surface area (TPSA) is 64.7 Å². The number of hydrogen-bond donors (Lipinski definition) is 0. The molecule has 3 aromatic carbocycles. The zero-order valence-electron chi connectivity index (χ0n) is 25.2. The van der Waals surface area contributed by atoms with E-state index < -0.39 is 0 Å². The average molecular weight is 583 g/mol. The van der Waals surface area contributed by atoms with E-state index in [1.807, 2.05) is 49.5 Å². The lowest BCUT2D eigenvalue weighted by atomic mass is 9.95. The van der Waals surface area contributed by atoms with Gasteiger partial charge in [0.15, 0.2) is 5.82 Å². The summed E-state index contributed by atoms with van der Waals surface area (Å²) in [5.41, 5.74) is 12.7. The van der Waals surface area contributed by atoms with Gasteiger partial charge in [0.1, 0.15) is 11.3 Å². The number of aryl methyl sites for hydroxylation is 3. The Morgan fingerprint density at radius 1 is 0.644 bits per heavy atom. The van der Waals surface area contributed by atoms with Crippen LogP contribution < -0.4 is 0 Å². The summed E-state index contributed by atoms with van der Waals surface area (Å²) in [5, 5.41) is 1.12. The molecule has 45 heavy (non-hydrogen) atoms. The first-order valence-electron chi connectivity index (χ1n) is 15.3. The Morgan fingerprint density at radius 3 is 2.20 bits per heavy atom. The third-order valence-corrected chi connectivity index (χ3v) is 8.40. The van der Waals surface area contributed by atoms with Crippen molar-refractivity contribution < 1.29 is 4.42 Å². The highest BCUT2D eigenvalue weighted by Gasteiger charge is 2.20. The zero-order valence-corrected chi connectivity index (χ0v) is 25.2. The molecule has 0 saturated carbocycles. The molecule has 0 spiro atoms. The number of aromatic nitrogens is 4. The van der Waals surface area contributed by atoms with Crippen molar-refractivity contribution in [1.82, 2.24) is 19.9 Å². The second-order valence-electron chi connectivity index (χ2n) is 11.5. The van der Waals surface area contributed by atoms with Crippen LogP contribution in [0.5, 0.6) is 0 Å². The van der Waals surface area contributed by atoms with E-state index in [2.05, 4.69) is 90.8 Å². The number of hydrogen-bond acceptors (Lipinski definition) is 5. The van der Waals surface area contributed by atoms with Gasteiger partial charge in [0.25, 0.3) is 0 Å². The molecule has 0 N–H and O–H groups in total. The van der Waals surface area contributed by atoms with Crippen LogP contribution in [0.3, 0.4) is 0 Å². The summed E-state index contributed by atoms with van der Waals surface area (Å²) in [7, 11) is 0. The molecule has 0 fully saturated rings. The van der Waals surface area contributed by atoms with Crippen LogP contribution >= 0.6 is 0 Å². The first-order chi connectivity index (χ1) is 22.1. The number of rotatable bonds is 5. The van der Waals surface area contributed by atoms with Gasteiger partial charge in [-0.25, -0.2) is 9.97 Å². The van der Waals surface area contributed by atoms with Crippen LogP contribution in [0.15, 0.2) is 120 Å². The molecule has 0 bridgehead atoms. The van der Waals surface area contributed by atoms with Gasteiger partial charge in [0.05, 0.1) is 22.8 Å². The Hall–Kier alpha value is -5.68. The van der Waals surface area contributed by atoms with Gasteiger partial charge in [-0.15, -0.1) is 0 Å². The van der Waals surface area contributed by atoms with E-state index in [0.717, 1.165) is 91.4 Å². The molecule has 1 aliphatic carbocycles. The Bertz CT molecular complexity index is 2220. The van der Waals surface area contributed by atoms with E-state index >= 15 is 0 Å². The van der Waals surface area contributed by atoms with Crippen molar-refractivity contribution in [3.8, 4) is 56.4 Å². The van der Waals surface area contributed by atoms with Gasteiger partial charge >= 0.3 is 0 Å². The standard InChI is InChI=1S/C40H30N4O/c1-25-22-26(2)42-39(30-19-20-37-32(23-30)31-12-6-7-14-36(31)45-37)38(25)35-24-34(43-40(44-35)29-10-4-3-5-11-29)28-17-15-27(16-18-28)33-13-8-9-21-41-33/h3-6,8-13,15-24H,7,14H2,1-2H3. The number of pyridine rings is 2. The van der Waals surface area contributed by atoms with Gasteiger partial charge in [-0.05, 0) is 68.3 Å². The molecule has 0 amide bonds. The van der Waals surface area contributed by atoms with Crippen molar-refractivity contribution >= 4 is 17.0 Å². The smallest absolute Gasteiger partial charge is 0.160 e. The summed E-state index contributed by atoms with van der Waals surface area (Å²) in [6.07, 6.45) is 8.16. The van der Waals surface area contributed by atoms with Crippen LogP contribution in [0.2, 0.25) is 0 Å². The summed E-state index contributed by atoms with van der Waals surface area (Å²) in [5.74, 6) is 1.73. The highest BCUT2D eigenvalue weighted by atomic mass is 16.3. The summed E-state index contributed by atoms with van der Waals surface area (Å²) < 4.78 is 6.21. The third-order valence-electron chi connectivity index (χ3n) is 8.40. The van der Waals surface area contributed by atoms with Gasteiger partial charge in [0, 0.05) is 57.1 Å². The van der Waals surface area contributed by atoms with Gasteiger partial charge < -0.3 is 4.42 Å². The highest BCUT2D eigenvalue weighted by Crippen LogP contribution is 2.39. The molecule has 8 rings (SSSR count). The summed E-state index contributed by atoms with van der Waals surface area (Å²) in [4.78, 5) is 19.9. The number of allylic oxidation sites excluding steroid dienone is 1. The van der Waals surface area contributed by atoms with Crippen LogP contribution in [0.1, 0.15) is 29.0 Å². The first kappa shape index (κ1) is 26.9. The maximum Gasteiger partial charge on any atom is 0.160 e. The maximum atomic E-state index is 6.21. The second kappa shape index (κ2) is 11.1. The van der Waals surface area contributed by atoms with Crippen molar-refractivity contribution in [3.05, 3.63) is 138 Å². The molecule has 5 nitrogen and oxygen atoms in total. The van der Waals surface area contributed by atoms with E-state index in [-0.39, 0.29) is 0 Å². The largest absolute Gasteiger partial charge is 0.460 e. The van der Waals surface area contributed by atoms with Gasteiger partial charge in [0.2, 0.25) is 0 Å². The predicted molar refractivity (Wildman–Crippen MR) is 181 cm³/mol. The van der Waals surface area contributed by atoms with E-state index in [1.54, 1.807) is 0 Å². The normalized spacial score (nSPS) is 12.4. The van der Waals surface area contributed by atoms with Crippen LogP contribution in [0.4, 0.5) is 0 Å². The lowest BCUT2D eigenvalue weighted by Crippen LogP contribution is -2.01. The van der Waals surface area contributed by atoms with Crippen LogP contribution in [0.25, 0.3) is 73.5 Å². The van der Waals surface area contributed by atoms with Gasteiger partial charge in [-0.1, -0.05) is 72.8 Å². The van der Waals surface area contributed by atoms with Crippen LogP contribution in [-0.2, 0) is 6.42 Å². The van der Waals surface area contributed by atoms with Crippen molar-refractivity contribution in [3.63, 3.8) is 0 Å². The monoisotopic (exact) mass is 582 g/mol. The Labute approximate surface area is 262 Å². The molecule has 0 aliphatic heterocycles. The van der Waals surface area contributed by atoms with Crippen molar-refractivity contribution in [1.29, 1.82) is 0 Å². The molecular weight excluding hydrogens is 552 g/mol. The van der Waals surface area contributed by atoms with E-state index in [1.165, 1.54) is 5.56 Å². The minimum absolute atomic E-state index is 0.673. The van der Waals surface area contributed by atoms with Crippen LogP contribution in [0, 0.1) is 13.8 Å². The lowest BCUT2D eigenvalue weighted by Gasteiger charge is -2.16. The fourth-order valence-corrected chi connectivity index (χ4v) is 6.25. The summed E-state index contributed by atoms with van der Waals surface area (Å²) in [6.45, 7) is 4.19. The second-order valence-corrected chi connectivity index (χ2v) is 11.5. The Kier molecular flexibility index (Phi) is 6.64. The number of nitrogens with zero attached hydrogens (tertiary/aromatic N) is 4. The van der Waals surface area contributed by atoms with E-state index in [4.69, 9.17) is 19.4 Å². The molecule has 5 heteroatoms. The number of fused-ring (bicyclic) bond motifs is 3. The summed E-state index contributed by atoms with van der Waals surface area (Å²) >= 11 is 0. The van der Waals surface area contributed by atoms with E-state index in [0.29, 0.717) is 5.82 Å². The number of furan rings is 1. The van der Waals surface area contributed by atoms with Crippen LogP contribution in [-0.4, -0.2) is 19.9 Å². The molecule has 0 atom stereocenters. The minimum atomic E-state index is 0.673. The molecule has 7 aromatic rings. The van der Waals surface area contributed by atoms with E-state index in [9.17, 15) is 0 Å². The average Bonchev–Trinajstić information content (AvgIpc) is 3.47. The molecular formula is C40H30N4O. The highest BCUT2D eigenvalue weighted by molar-refractivity contribution is 5.94. The summed E-state index contributed by atoms with van der Waals surface area (Å²) in [6, 6.07) is 35.1. The Morgan fingerprint density at radius 2 is 1.40 bits per heavy atom. The number of benzene rings is 3. The Balaban J connectivity index is 1.31. The molecule has 1 aliphatic rings. The van der Waals surface area contributed by atoms with Crippen molar-refractivity contribution in [2.45, 2.75) is 26.7 Å². The molecule has 0 saturated heterocycles. The fraction of sp³-hybridized carbons (Fsp3) is 0.100. The molecule has 4 aromatic heterocycles. The third kappa shape index (κ3) is 5.02. The SMILES string of the molecule is Cc1cc(C)c(-c2cc(-c3ccc(-c4ccccn4)cc3)nc(-c3ccccc3)n2)c(-c2ccc3oc4c(c3c2)C=CCC4)n1. The first-order valence-corrected chi connectivity index (χ1v) is 15.3. The zero-order chi connectivity index (χ0) is 30.3. The molecule has 216 valence electrons. The minimum Gasteiger partial charge on any atom is -0.460 e. The fourth-order valence-electron chi connectivity index (χ4n) is 6.25. The quantitative estimate of drug-likeness (QED) is 0.202. The van der Waals surface area contributed by atoms with Crippen molar-refractivity contribution in [2.75, 3.05) is 0 Å². The molecule has 0 radical (unpaired) electrons. The maximum absolute atomic E-state index is 6.21.